The molecular formula is C29H30N4O3S2. The van der Waals surface area contributed by atoms with Crippen molar-refractivity contribution in [3.05, 3.63) is 83.9 Å². The topological polar surface area (TPSA) is 77.4 Å². The largest absolute Gasteiger partial charge is 0.489 e. The molecule has 9 heteroatoms. The number of aliphatic imine (C=N–C) groups is 1. The predicted octanol–water partition coefficient (Wildman–Crippen LogP) is 5.03. The second-order valence-corrected chi connectivity index (χ2v) is 11.8. The van der Waals surface area contributed by atoms with Gasteiger partial charge in [-0.3, -0.25) is 9.89 Å². The van der Waals surface area contributed by atoms with Crippen molar-refractivity contribution >= 4 is 45.9 Å². The molecule has 0 saturated carbocycles. The highest BCUT2D eigenvalue weighted by atomic mass is 32.2. The molecule has 196 valence electrons. The Hall–Kier alpha value is -3.14. The fourth-order valence-electron chi connectivity index (χ4n) is 4.93. The number of ether oxygens (including phenoxy) is 1. The standard InChI is InChI=1S/C29H30N4O3S2/c34-29(35)25-19-37-27(31-25)28-30-24-10-9-23(16-26(24)38-28)36-18-21-6-4-5-20(15-21)17-32-11-13-33(14-12-32)22-7-2-1-3-8-22/h1-10,15-16,25,28,30H,11-14,17-19H2,(H,34,35). The monoisotopic (exact) mass is 546 g/mol. The molecule has 2 N–H and O–H groups in total. The number of nitrogens with zero attached hydrogens (tertiary/aromatic N) is 3. The highest BCUT2D eigenvalue weighted by Crippen LogP contribution is 2.43. The lowest BCUT2D eigenvalue weighted by Crippen LogP contribution is -2.45. The molecule has 0 spiro atoms. The average Bonchev–Trinajstić information content (AvgIpc) is 3.61. The van der Waals surface area contributed by atoms with Crippen LogP contribution in [0.2, 0.25) is 0 Å². The van der Waals surface area contributed by atoms with Crippen LogP contribution in [0.1, 0.15) is 11.1 Å². The quantitative estimate of drug-likeness (QED) is 0.408. The summed E-state index contributed by atoms with van der Waals surface area (Å²) in [6.45, 7) is 5.66. The maximum absolute atomic E-state index is 11.2. The molecule has 3 aromatic rings. The summed E-state index contributed by atoms with van der Waals surface area (Å²) in [6, 6.07) is 24.7. The maximum Gasteiger partial charge on any atom is 0.329 e. The van der Waals surface area contributed by atoms with Gasteiger partial charge in [-0.05, 0) is 41.5 Å². The normalized spacial score (nSPS) is 21.1. The number of benzene rings is 3. The Labute approximate surface area is 231 Å². The number of carboxylic acids is 1. The summed E-state index contributed by atoms with van der Waals surface area (Å²) in [5.41, 5.74) is 4.81. The lowest BCUT2D eigenvalue weighted by atomic mass is 10.1. The Morgan fingerprint density at radius 2 is 1.82 bits per heavy atom. The predicted molar refractivity (Wildman–Crippen MR) is 156 cm³/mol. The van der Waals surface area contributed by atoms with Gasteiger partial charge in [-0.2, -0.15) is 0 Å². The number of rotatable bonds is 8. The zero-order chi connectivity index (χ0) is 25.9. The summed E-state index contributed by atoms with van der Waals surface area (Å²) in [6.07, 6.45) is 0. The third-order valence-corrected chi connectivity index (χ3v) is 9.40. The minimum atomic E-state index is -0.863. The number of thioether (sulfide) groups is 2. The van der Waals surface area contributed by atoms with Crippen LogP contribution in [0.15, 0.2) is 82.7 Å². The van der Waals surface area contributed by atoms with Crippen molar-refractivity contribution in [2.75, 3.05) is 42.1 Å². The van der Waals surface area contributed by atoms with Gasteiger partial charge in [0.05, 0.1) is 0 Å². The molecule has 2 atom stereocenters. The molecular weight excluding hydrogens is 516 g/mol. The van der Waals surface area contributed by atoms with E-state index in [9.17, 15) is 9.90 Å². The number of aliphatic carboxylic acids is 1. The van der Waals surface area contributed by atoms with Gasteiger partial charge in [0, 0.05) is 54.7 Å². The number of piperazine rings is 1. The van der Waals surface area contributed by atoms with E-state index in [0.717, 1.165) is 59.7 Å². The van der Waals surface area contributed by atoms with E-state index in [4.69, 9.17) is 4.74 Å². The van der Waals surface area contributed by atoms with Crippen molar-refractivity contribution in [3.63, 3.8) is 0 Å². The smallest absolute Gasteiger partial charge is 0.329 e. The Morgan fingerprint density at radius 3 is 2.61 bits per heavy atom. The van der Waals surface area contributed by atoms with Gasteiger partial charge >= 0.3 is 5.97 Å². The van der Waals surface area contributed by atoms with Crippen LogP contribution in [0, 0.1) is 0 Å². The summed E-state index contributed by atoms with van der Waals surface area (Å²) >= 11 is 3.18. The molecule has 0 amide bonds. The number of hydrogen-bond donors (Lipinski definition) is 2. The van der Waals surface area contributed by atoms with E-state index < -0.39 is 12.0 Å². The summed E-state index contributed by atoms with van der Waals surface area (Å²) in [5, 5.41) is 13.5. The van der Waals surface area contributed by atoms with E-state index in [-0.39, 0.29) is 5.37 Å². The minimum Gasteiger partial charge on any atom is -0.489 e. The van der Waals surface area contributed by atoms with E-state index in [0.29, 0.717) is 12.4 Å². The van der Waals surface area contributed by atoms with Gasteiger partial charge in [-0.1, -0.05) is 54.2 Å². The molecule has 3 heterocycles. The zero-order valence-corrected chi connectivity index (χ0v) is 22.6. The number of nitrogens with one attached hydrogen (secondary N) is 1. The van der Waals surface area contributed by atoms with Crippen molar-refractivity contribution in [2.45, 2.75) is 29.5 Å². The van der Waals surface area contributed by atoms with Crippen LogP contribution in [0.3, 0.4) is 0 Å². The Bertz CT molecular complexity index is 1330. The van der Waals surface area contributed by atoms with E-state index in [1.54, 1.807) is 11.8 Å². The van der Waals surface area contributed by atoms with Crippen LogP contribution in [-0.4, -0.2) is 64.4 Å². The molecule has 7 nitrogen and oxygen atoms in total. The van der Waals surface area contributed by atoms with Gasteiger partial charge in [0.2, 0.25) is 0 Å². The molecule has 1 saturated heterocycles. The summed E-state index contributed by atoms with van der Waals surface area (Å²) in [4.78, 5) is 21.7. The first-order chi connectivity index (χ1) is 18.6. The van der Waals surface area contributed by atoms with Crippen molar-refractivity contribution in [3.8, 4) is 5.75 Å². The zero-order valence-electron chi connectivity index (χ0n) is 21.0. The van der Waals surface area contributed by atoms with Gasteiger partial charge in [0.15, 0.2) is 6.04 Å². The molecule has 0 aliphatic carbocycles. The van der Waals surface area contributed by atoms with Gasteiger partial charge in [-0.15, -0.1) is 11.8 Å². The molecule has 0 aromatic heterocycles. The van der Waals surface area contributed by atoms with E-state index in [1.165, 1.54) is 23.0 Å². The van der Waals surface area contributed by atoms with Crippen LogP contribution < -0.4 is 15.0 Å². The summed E-state index contributed by atoms with van der Waals surface area (Å²) in [7, 11) is 0. The van der Waals surface area contributed by atoms with E-state index in [1.807, 2.05) is 12.1 Å². The van der Waals surface area contributed by atoms with Crippen LogP contribution >= 0.6 is 23.5 Å². The molecule has 38 heavy (non-hydrogen) atoms. The van der Waals surface area contributed by atoms with Crippen molar-refractivity contribution in [1.29, 1.82) is 0 Å². The van der Waals surface area contributed by atoms with Gasteiger partial charge in [-0.25, -0.2) is 4.79 Å². The first-order valence-corrected chi connectivity index (χ1v) is 14.7. The van der Waals surface area contributed by atoms with E-state index >= 15 is 0 Å². The number of carboxylic acid groups (broad SMARTS) is 1. The SMILES string of the molecule is O=C(O)C1CSC(C2Nc3ccc(OCc4cccc(CN5CCN(c6ccccc6)CC5)c4)cc3S2)=N1. The number of anilines is 2. The molecule has 1 fully saturated rings. The Balaban J connectivity index is 1.01. The van der Waals surface area contributed by atoms with Gasteiger partial charge < -0.3 is 20.1 Å². The summed E-state index contributed by atoms with van der Waals surface area (Å²) < 4.78 is 6.16. The first kappa shape index (κ1) is 25.2. The highest BCUT2D eigenvalue weighted by molar-refractivity contribution is 8.16. The van der Waals surface area contributed by atoms with E-state index in [2.05, 4.69) is 80.8 Å². The number of fused-ring (bicyclic) bond motifs is 1. The number of hydrogen-bond acceptors (Lipinski definition) is 8. The molecule has 3 aliphatic heterocycles. The fourth-order valence-corrected chi connectivity index (χ4v) is 7.27. The van der Waals surface area contributed by atoms with Crippen LogP contribution in [0.4, 0.5) is 11.4 Å². The minimum absolute atomic E-state index is 0.0409. The van der Waals surface area contributed by atoms with Crippen molar-refractivity contribution < 1.29 is 14.6 Å². The molecule has 3 aromatic carbocycles. The highest BCUT2D eigenvalue weighted by Gasteiger charge is 2.33. The number of carbonyl (C=O) groups is 1. The lowest BCUT2D eigenvalue weighted by molar-refractivity contribution is -0.137. The van der Waals surface area contributed by atoms with Gasteiger partial charge in [0.25, 0.3) is 0 Å². The first-order valence-electron chi connectivity index (χ1n) is 12.8. The summed E-state index contributed by atoms with van der Waals surface area (Å²) in [5.74, 6) is 0.459. The Kier molecular flexibility index (Phi) is 7.49. The average molecular weight is 547 g/mol. The molecule has 0 bridgehead atoms. The third-order valence-electron chi connectivity index (χ3n) is 6.96. The Morgan fingerprint density at radius 1 is 1.00 bits per heavy atom. The van der Waals surface area contributed by atoms with Crippen LogP contribution in [-0.2, 0) is 17.9 Å². The third kappa shape index (κ3) is 5.80. The van der Waals surface area contributed by atoms with Crippen molar-refractivity contribution in [1.82, 2.24) is 4.90 Å². The molecule has 0 radical (unpaired) electrons. The number of para-hydroxylation sites is 1. The van der Waals surface area contributed by atoms with Crippen LogP contribution in [0.5, 0.6) is 5.75 Å². The second kappa shape index (κ2) is 11.3. The second-order valence-electron chi connectivity index (χ2n) is 9.64. The molecule has 3 aliphatic rings. The lowest BCUT2D eigenvalue weighted by Gasteiger charge is -2.36. The fraction of sp³-hybridized carbons (Fsp3) is 0.310. The van der Waals surface area contributed by atoms with Crippen LogP contribution in [0.25, 0.3) is 0 Å². The molecule has 6 rings (SSSR count). The molecule has 2 unspecified atom stereocenters. The van der Waals surface area contributed by atoms with Crippen molar-refractivity contribution in [2.24, 2.45) is 4.99 Å². The van der Waals surface area contributed by atoms with Gasteiger partial charge in [0.1, 0.15) is 22.8 Å². The maximum atomic E-state index is 11.2.